The number of anilines is 2. The number of oxime groups is 1. The van der Waals surface area contributed by atoms with E-state index < -0.39 is 46.5 Å². The maximum Gasteiger partial charge on any atom is 0.352 e. The summed E-state index contributed by atoms with van der Waals surface area (Å²) >= 11 is 2.00. The van der Waals surface area contributed by atoms with E-state index in [9.17, 15) is 34.5 Å². The minimum absolute atomic E-state index is 0.00500. The second-order valence-electron chi connectivity index (χ2n) is 9.94. The van der Waals surface area contributed by atoms with Crippen LogP contribution < -0.4 is 27.2 Å². The summed E-state index contributed by atoms with van der Waals surface area (Å²) < 4.78 is 7.21. The molecule has 43 heavy (non-hydrogen) atoms. The van der Waals surface area contributed by atoms with E-state index in [0.717, 1.165) is 22.0 Å². The Labute approximate surface area is 252 Å². The smallest absolute Gasteiger partial charge is 0.352 e. The van der Waals surface area contributed by atoms with Crippen LogP contribution >= 0.6 is 23.3 Å². The van der Waals surface area contributed by atoms with Gasteiger partial charge in [-0.1, -0.05) is 5.16 Å². The van der Waals surface area contributed by atoms with Crippen LogP contribution in [0.1, 0.15) is 25.2 Å². The quantitative estimate of drug-likeness (QED) is 0.0509. The van der Waals surface area contributed by atoms with E-state index in [0.29, 0.717) is 24.4 Å². The molecule has 4 heterocycles. The molecule has 0 spiro atoms. The van der Waals surface area contributed by atoms with Gasteiger partial charge in [0.25, 0.3) is 11.8 Å². The molecule has 20 heteroatoms. The number of aliphatic hydroxyl groups excluding tert-OH is 1. The molecule has 2 amide bonds. The van der Waals surface area contributed by atoms with Crippen molar-refractivity contribution < 1.29 is 44.0 Å². The molecule has 1 fully saturated rings. The van der Waals surface area contributed by atoms with Gasteiger partial charge in [0.2, 0.25) is 23.3 Å². The number of carboxylic acids is 2. The van der Waals surface area contributed by atoms with Gasteiger partial charge in [0.1, 0.15) is 23.7 Å². The average Bonchev–Trinajstić information content (AvgIpc) is 3.50. The van der Waals surface area contributed by atoms with Crippen molar-refractivity contribution in [3.05, 3.63) is 28.9 Å². The third-order valence-corrected chi connectivity index (χ3v) is 8.47. The molecule has 0 saturated carbocycles. The highest BCUT2D eigenvalue weighted by molar-refractivity contribution is 8.00. The minimum atomic E-state index is -1.81. The fraction of sp³-hybridized carbons (Fsp3) is 0.478. The molecule has 2 aliphatic rings. The number of hydrogen-bond donors (Lipinski definition) is 7. The zero-order valence-electron chi connectivity index (χ0n) is 23.1. The van der Waals surface area contributed by atoms with Crippen LogP contribution in [0.25, 0.3) is 0 Å². The topological polar surface area (TPSA) is 278 Å². The molecule has 18 nitrogen and oxygen atoms in total. The van der Waals surface area contributed by atoms with Crippen molar-refractivity contribution in [2.75, 3.05) is 30.4 Å². The first-order chi connectivity index (χ1) is 20.3. The van der Waals surface area contributed by atoms with Crippen LogP contribution in [0.15, 0.2) is 22.6 Å². The van der Waals surface area contributed by atoms with Gasteiger partial charge in [0, 0.05) is 22.9 Å². The molecule has 0 unspecified atom stereocenters. The summed E-state index contributed by atoms with van der Waals surface area (Å²) in [6.45, 7) is 2.80. The van der Waals surface area contributed by atoms with Crippen LogP contribution in [0.2, 0.25) is 0 Å². The van der Waals surface area contributed by atoms with Crippen molar-refractivity contribution in [1.82, 2.24) is 24.3 Å². The van der Waals surface area contributed by atoms with Crippen LogP contribution in [0.5, 0.6) is 0 Å². The molecule has 2 aromatic rings. The second kappa shape index (κ2) is 12.5. The lowest BCUT2D eigenvalue weighted by atomic mass is 10.0. The van der Waals surface area contributed by atoms with Crippen molar-refractivity contribution >= 4 is 63.7 Å². The summed E-state index contributed by atoms with van der Waals surface area (Å²) in [5.74, 6) is -3.97. The highest BCUT2D eigenvalue weighted by Gasteiger charge is 2.55. The van der Waals surface area contributed by atoms with Crippen LogP contribution in [0.4, 0.5) is 10.9 Å². The number of nitrogens with one attached hydrogen (secondary N) is 1. The predicted molar refractivity (Wildman–Crippen MR) is 152 cm³/mol. The first kappa shape index (κ1) is 31.7. The highest BCUT2D eigenvalue weighted by atomic mass is 32.2. The first-order valence-corrected chi connectivity index (χ1v) is 14.6. The van der Waals surface area contributed by atoms with Crippen molar-refractivity contribution in [3.8, 4) is 0 Å². The van der Waals surface area contributed by atoms with Crippen molar-refractivity contribution in [1.29, 1.82) is 0 Å². The van der Waals surface area contributed by atoms with E-state index in [2.05, 4.69) is 19.8 Å². The maximum atomic E-state index is 13.3. The zero-order valence-corrected chi connectivity index (χ0v) is 24.7. The maximum absolute atomic E-state index is 13.3. The number of fused-ring (bicyclic) bond motifs is 1. The minimum Gasteiger partial charge on any atom is -0.478 e. The summed E-state index contributed by atoms with van der Waals surface area (Å²) in [5, 5.41) is 34.3. The number of hydrogen-bond acceptors (Lipinski definition) is 14. The van der Waals surface area contributed by atoms with Crippen LogP contribution in [-0.4, -0.2) is 99.6 Å². The van der Waals surface area contributed by atoms with Crippen molar-refractivity contribution in [3.63, 3.8) is 0 Å². The zero-order chi connectivity index (χ0) is 31.6. The van der Waals surface area contributed by atoms with Gasteiger partial charge in [-0.3, -0.25) is 14.5 Å². The largest absolute Gasteiger partial charge is 0.478 e. The summed E-state index contributed by atoms with van der Waals surface area (Å²) in [5.41, 5.74) is 16.1. The second-order valence-corrected chi connectivity index (χ2v) is 11.8. The Kier molecular flexibility index (Phi) is 9.23. The van der Waals surface area contributed by atoms with Crippen LogP contribution in [0.3, 0.4) is 0 Å². The average molecular weight is 640 g/mol. The van der Waals surface area contributed by atoms with Gasteiger partial charge in [0.15, 0.2) is 17.5 Å². The predicted octanol–water partition coefficient (Wildman–Crippen LogP) is -2.69. The fourth-order valence-electron chi connectivity index (χ4n) is 4.37. The third-order valence-electron chi connectivity index (χ3n) is 6.59. The van der Waals surface area contributed by atoms with Gasteiger partial charge in [0.05, 0.1) is 12.2 Å². The van der Waals surface area contributed by atoms with Gasteiger partial charge in [-0.05, 0) is 26.8 Å². The lowest BCUT2D eigenvalue weighted by molar-refractivity contribution is -0.767. The van der Waals surface area contributed by atoms with E-state index >= 15 is 0 Å². The monoisotopic (exact) mass is 639 g/mol. The molecular weight excluding hydrogens is 608 g/mol. The Balaban J connectivity index is 1.58. The molecule has 232 valence electrons. The number of carbonyl (C=O) groups is 4. The number of aliphatic hydroxyl groups is 1. The Bertz CT molecular complexity index is 1520. The molecule has 0 radical (unpaired) electrons. The molecule has 4 rings (SSSR count). The summed E-state index contributed by atoms with van der Waals surface area (Å²) in [6, 6.07) is -1.14. The number of amides is 2. The highest BCUT2D eigenvalue weighted by Crippen LogP contribution is 2.40. The number of rotatable bonds is 13. The van der Waals surface area contributed by atoms with Gasteiger partial charge < -0.3 is 42.7 Å². The molecule has 2 aromatic heterocycles. The Morgan fingerprint density at radius 3 is 2.60 bits per heavy atom. The molecule has 10 N–H and O–H groups in total. The van der Waals surface area contributed by atoms with Gasteiger partial charge in [-0.25, -0.2) is 9.59 Å². The molecule has 1 saturated heterocycles. The number of nitrogen functional groups attached to an aromatic ring is 2. The normalized spacial score (nSPS) is 18.7. The Morgan fingerprint density at radius 1 is 1.30 bits per heavy atom. The number of aliphatic carboxylic acids is 2. The van der Waals surface area contributed by atoms with E-state index in [1.54, 1.807) is 15.6 Å². The third kappa shape index (κ3) is 6.26. The molecule has 2 aliphatic heterocycles. The number of nitrogens with two attached hydrogens (primary N) is 3. The Hall–Kier alpha value is -4.27. The van der Waals surface area contributed by atoms with Gasteiger partial charge in [-0.15, -0.1) is 21.1 Å². The van der Waals surface area contributed by atoms with Gasteiger partial charge >= 0.3 is 11.9 Å². The lowest BCUT2D eigenvalue weighted by Gasteiger charge is -2.49. The number of carbonyl (C=O) groups excluding carboxylic acids is 2. The molecule has 0 aromatic carbocycles. The van der Waals surface area contributed by atoms with Crippen LogP contribution in [-0.2, 0) is 43.5 Å². The summed E-state index contributed by atoms with van der Waals surface area (Å²) in [4.78, 5) is 60.3. The van der Waals surface area contributed by atoms with E-state index in [1.807, 2.05) is 0 Å². The van der Waals surface area contributed by atoms with Crippen molar-refractivity contribution in [2.24, 2.45) is 10.9 Å². The van der Waals surface area contributed by atoms with Crippen LogP contribution in [0, 0.1) is 0 Å². The van der Waals surface area contributed by atoms with E-state index in [1.165, 1.54) is 25.6 Å². The summed E-state index contributed by atoms with van der Waals surface area (Å²) in [6.07, 6.45) is 2.21. The molecule has 0 bridgehead atoms. The summed E-state index contributed by atoms with van der Waals surface area (Å²) in [7, 11) is 0. The SMILES string of the molecule is CC(C)(O/N=C(/C(=O)N[C@@H]1C(=O)N2C(C(=O)O)=C(C[n+]3cc(CCN)c(N)n3CCO)CS[C@H]12)c1nsc(N)n1)C(=O)O. The lowest BCUT2D eigenvalue weighted by Crippen LogP contribution is -2.71. The van der Waals surface area contributed by atoms with E-state index in [-0.39, 0.29) is 42.1 Å². The van der Waals surface area contributed by atoms with Gasteiger partial charge in [-0.2, -0.15) is 9.36 Å². The number of β-lactam (4-membered cyclic amide) rings is 1. The number of aromatic nitrogens is 4. The standard InChI is InChI=1S/C23H30N10O8S2/c1-23(2,21(39)40)41-29-12(16-28-22(26)43-30-16)17(35)27-13-18(36)33-14(20(37)38)11(9-42-19(13)33)8-31-7-10(3-4-24)15(25)32(31)5-6-34/h7,13,19,25,34H,3-6,8-9,24H2,1-2H3,(H5,26,27,28,30,35,37,38,39,40)/p+1/b29-12+/t13-,19-/m1/s1. The first-order valence-electron chi connectivity index (χ1n) is 12.8. The molecule has 0 aliphatic carbocycles. The molecule has 2 atom stereocenters. The Morgan fingerprint density at radius 2 is 2.02 bits per heavy atom. The number of nitrogens with zero attached hydrogens (tertiary/aromatic N) is 6. The fourth-order valence-corrected chi connectivity index (χ4v) is 6.14. The number of thioether (sulfide) groups is 1. The molecular formula is C23H31N10O8S2+. The van der Waals surface area contributed by atoms with Crippen molar-refractivity contribution in [2.45, 2.75) is 50.4 Å². The number of carboxylic acid groups (broad SMARTS) is 2. The van der Waals surface area contributed by atoms with E-state index in [4.69, 9.17) is 22.0 Å².